The zero-order valence-corrected chi connectivity index (χ0v) is 10.1. The van der Waals surface area contributed by atoms with Gasteiger partial charge in [-0.25, -0.2) is 9.37 Å². The maximum atomic E-state index is 13.2. The van der Waals surface area contributed by atoms with E-state index in [1.807, 2.05) is 6.92 Å². The molecule has 0 unspecified atom stereocenters. The highest BCUT2D eigenvalue weighted by atomic mass is 32.1. The Labute approximate surface area is 103 Å². The number of H-pyrrole nitrogens is 1. The van der Waals surface area contributed by atoms with Crippen molar-refractivity contribution in [2.24, 2.45) is 0 Å². The zero-order chi connectivity index (χ0) is 12.4. The van der Waals surface area contributed by atoms with Gasteiger partial charge in [-0.05, 0) is 36.8 Å². The fourth-order valence-corrected chi connectivity index (χ4v) is 1.61. The van der Waals surface area contributed by atoms with Crippen LogP contribution in [0.1, 0.15) is 5.56 Å². The topological polar surface area (TPSA) is 50.8 Å². The lowest BCUT2D eigenvalue weighted by atomic mass is 10.1. The monoisotopic (exact) mass is 251 g/mol. The Bertz CT molecular complexity index is 612. The third-order valence-corrected chi connectivity index (χ3v) is 2.46. The first-order valence-corrected chi connectivity index (χ1v) is 5.30. The van der Waals surface area contributed by atoms with Crippen LogP contribution in [0.15, 0.2) is 18.2 Å². The molecule has 0 aliphatic rings. The molecule has 0 saturated heterocycles. The molecule has 2 rings (SSSR count). The molecule has 0 saturated carbocycles. The summed E-state index contributed by atoms with van der Waals surface area (Å²) in [5, 5.41) is 0. The van der Waals surface area contributed by atoms with E-state index in [-0.39, 0.29) is 16.6 Å². The summed E-state index contributed by atoms with van der Waals surface area (Å²) in [5.41, 5.74) is 1.52. The maximum Gasteiger partial charge on any atom is 0.297 e. The summed E-state index contributed by atoms with van der Waals surface area (Å²) >= 11 is 4.91. The zero-order valence-electron chi connectivity index (χ0n) is 9.32. The number of aromatic nitrogens is 3. The minimum absolute atomic E-state index is 0.152. The number of hydrogen-bond acceptors (Lipinski definition) is 4. The molecule has 1 aromatic carbocycles. The van der Waals surface area contributed by atoms with Crippen molar-refractivity contribution in [1.29, 1.82) is 0 Å². The normalized spacial score (nSPS) is 10.3. The lowest BCUT2D eigenvalue weighted by Gasteiger charge is -2.06. The number of benzene rings is 1. The Morgan fingerprint density at radius 2 is 2.12 bits per heavy atom. The van der Waals surface area contributed by atoms with Crippen LogP contribution in [0, 0.1) is 17.5 Å². The summed E-state index contributed by atoms with van der Waals surface area (Å²) in [6.45, 7) is 1.86. The highest BCUT2D eigenvalue weighted by Crippen LogP contribution is 2.21. The van der Waals surface area contributed by atoms with Crippen LogP contribution in [-0.2, 0) is 0 Å². The predicted molar refractivity (Wildman–Crippen MR) is 63.9 cm³/mol. The van der Waals surface area contributed by atoms with Gasteiger partial charge in [0.2, 0.25) is 4.77 Å². The summed E-state index contributed by atoms with van der Waals surface area (Å²) < 4.78 is 18.3. The molecule has 1 N–H and O–H groups in total. The molecule has 4 nitrogen and oxygen atoms in total. The van der Waals surface area contributed by atoms with E-state index in [9.17, 15) is 4.39 Å². The highest BCUT2D eigenvalue weighted by Gasteiger charge is 2.07. The number of rotatable bonds is 2. The second kappa shape index (κ2) is 4.58. The SMILES string of the molecule is COc1nc(=S)nc(-c2cc(F)ccc2C)[nH]1. The first-order chi connectivity index (χ1) is 8.10. The first-order valence-electron chi connectivity index (χ1n) is 4.89. The van der Waals surface area contributed by atoms with E-state index in [4.69, 9.17) is 17.0 Å². The highest BCUT2D eigenvalue weighted by molar-refractivity contribution is 7.71. The second-order valence-electron chi connectivity index (χ2n) is 3.45. The molecule has 1 heterocycles. The summed E-state index contributed by atoms with van der Waals surface area (Å²) in [5.74, 6) is 0.112. The molecular weight excluding hydrogens is 241 g/mol. The van der Waals surface area contributed by atoms with Crippen LogP contribution in [0.2, 0.25) is 0 Å². The van der Waals surface area contributed by atoms with Crippen LogP contribution in [-0.4, -0.2) is 22.1 Å². The summed E-state index contributed by atoms with van der Waals surface area (Å²) in [6, 6.07) is 4.72. The van der Waals surface area contributed by atoms with E-state index < -0.39 is 0 Å². The number of nitrogens with zero attached hydrogens (tertiary/aromatic N) is 2. The fourth-order valence-electron chi connectivity index (χ4n) is 1.44. The Hall–Kier alpha value is -1.82. The molecule has 0 bridgehead atoms. The molecule has 1 aromatic heterocycles. The molecule has 88 valence electrons. The molecule has 0 radical (unpaired) electrons. The summed E-state index contributed by atoms with van der Waals surface area (Å²) in [6.07, 6.45) is 0. The summed E-state index contributed by atoms with van der Waals surface area (Å²) in [4.78, 5) is 10.8. The second-order valence-corrected chi connectivity index (χ2v) is 3.81. The molecule has 0 atom stereocenters. The molecule has 0 fully saturated rings. The van der Waals surface area contributed by atoms with Gasteiger partial charge in [0, 0.05) is 5.56 Å². The lowest BCUT2D eigenvalue weighted by molar-refractivity contribution is 0.378. The molecule has 0 spiro atoms. The number of hydrogen-bond donors (Lipinski definition) is 1. The van der Waals surface area contributed by atoms with Crippen molar-refractivity contribution < 1.29 is 9.13 Å². The molecule has 0 aliphatic carbocycles. The van der Waals surface area contributed by atoms with Crippen LogP contribution in [0.4, 0.5) is 4.39 Å². The van der Waals surface area contributed by atoms with E-state index in [1.54, 1.807) is 6.07 Å². The van der Waals surface area contributed by atoms with Crippen molar-refractivity contribution >= 4 is 12.2 Å². The largest absolute Gasteiger partial charge is 0.468 e. The van der Waals surface area contributed by atoms with Crippen LogP contribution >= 0.6 is 12.2 Å². The van der Waals surface area contributed by atoms with Gasteiger partial charge in [0.1, 0.15) is 11.6 Å². The van der Waals surface area contributed by atoms with E-state index in [0.29, 0.717) is 11.4 Å². The quantitative estimate of drug-likeness (QED) is 0.834. The van der Waals surface area contributed by atoms with Gasteiger partial charge in [0.15, 0.2) is 0 Å². The van der Waals surface area contributed by atoms with Gasteiger partial charge >= 0.3 is 0 Å². The lowest BCUT2D eigenvalue weighted by Crippen LogP contribution is -1.99. The van der Waals surface area contributed by atoms with Crippen LogP contribution in [0.25, 0.3) is 11.4 Å². The molecule has 17 heavy (non-hydrogen) atoms. The smallest absolute Gasteiger partial charge is 0.297 e. The molecule has 0 aliphatic heterocycles. The van der Waals surface area contributed by atoms with Crippen molar-refractivity contribution in [2.75, 3.05) is 7.11 Å². The van der Waals surface area contributed by atoms with Gasteiger partial charge in [-0.3, -0.25) is 4.98 Å². The van der Waals surface area contributed by atoms with E-state index in [2.05, 4.69) is 15.0 Å². The van der Waals surface area contributed by atoms with Crippen LogP contribution < -0.4 is 4.74 Å². The van der Waals surface area contributed by atoms with Crippen molar-refractivity contribution in [1.82, 2.24) is 15.0 Å². The molecule has 6 heteroatoms. The van der Waals surface area contributed by atoms with Crippen molar-refractivity contribution in [3.63, 3.8) is 0 Å². The van der Waals surface area contributed by atoms with E-state index >= 15 is 0 Å². The Morgan fingerprint density at radius 3 is 2.82 bits per heavy atom. The third kappa shape index (κ3) is 2.47. The number of aromatic amines is 1. The number of methoxy groups -OCH3 is 1. The van der Waals surface area contributed by atoms with Crippen molar-refractivity contribution in [3.05, 3.63) is 34.4 Å². The van der Waals surface area contributed by atoms with E-state index in [0.717, 1.165) is 5.56 Å². The fraction of sp³-hybridized carbons (Fsp3) is 0.182. The van der Waals surface area contributed by atoms with Gasteiger partial charge in [-0.1, -0.05) is 6.07 Å². The van der Waals surface area contributed by atoms with Gasteiger partial charge < -0.3 is 4.74 Å². The van der Waals surface area contributed by atoms with Gasteiger partial charge in [0.25, 0.3) is 6.01 Å². The third-order valence-electron chi connectivity index (χ3n) is 2.28. The molecule has 2 aromatic rings. The Kier molecular flexibility index (Phi) is 3.14. The number of aryl methyl sites for hydroxylation is 1. The summed E-state index contributed by atoms with van der Waals surface area (Å²) in [7, 11) is 1.47. The van der Waals surface area contributed by atoms with Gasteiger partial charge in [-0.15, -0.1) is 0 Å². The number of halogens is 1. The van der Waals surface area contributed by atoms with Crippen molar-refractivity contribution in [3.8, 4) is 17.4 Å². The Balaban J connectivity index is 2.63. The van der Waals surface area contributed by atoms with Gasteiger partial charge in [-0.2, -0.15) is 4.98 Å². The Morgan fingerprint density at radius 1 is 1.35 bits per heavy atom. The average molecular weight is 251 g/mol. The number of ether oxygens (including phenoxy) is 1. The maximum absolute atomic E-state index is 13.2. The average Bonchev–Trinajstić information content (AvgIpc) is 2.31. The molecule has 0 amide bonds. The minimum Gasteiger partial charge on any atom is -0.468 e. The van der Waals surface area contributed by atoms with Crippen LogP contribution in [0.5, 0.6) is 6.01 Å². The van der Waals surface area contributed by atoms with Crippen molar-refractivity contribution in [2.45, 2.75) is 6.92 Å². The standard InChI is InChI=1S/C11H10FN3OS/c1-6-3-4-7(12)5-8(6)9-13-10(16-2)15-11(17)14-9/h3-5H,1-2H3,(H,13,14,15,17). The molecular formula is C11H10FN3OS. The predicted octanol–water partition coefficient (Wildman–Crippen LogP) is 2.66. The van der Waals surface area contributed by atoms with Gasteiger partial charge in [0.05, 0.1) is 7.11 Å². The van der Waals surface area contributed by atoms with Crippen LogP contribution in [0.3, 0.4) is 0 Å². The minimum atomic E-state index is -0.331. The van der Waals surface area contributed by atoms with E-state index in [1.165, 1.54) is 19.2 Å². The first kappa shape index (κ1) is 11.7. The number of nitrogens with one attached hydrogen (secondary N) is 1.